The number of nitrogens with one attached hydrogen (secondary N) is 2. The van der Waals surface area contributed by atoms with E-state index in [0.717, 1.165) is 5.56 Å². The number of hydrogen-bond acceptors (Lipinski definition) is 5. The van der Waals surface area contributed by atoms with Crippen LogP contribution in [0.25, 0.3) is 0 Å². The van der Waals surface area contributed by atoms with Gasteiger partial charge in [-0.1, -0.05) is 30.3 Å². The number of hydrogen-bond donors (Lipinski definition) is 2. The average Bonchev–Trinajstić information content (AvgIpc) is 2.54. The van der Waals surface area contributed by atoms with Crippen molar-refractivity contribution in [2.24, 2.45) is 0 Å². The number of rotatable bonds is 8. The van der Waals surface area contributed by atoms with Crippen LogP contribution >= 0.6 is 0 Å². The first-order valence-corrected chi connectivity index (χ1v) is 8.12. The van der Waals surface area contributed by atoms with E-state index >= 15 is 0 Å². The van der Waals surface area contributed by atoms with E-state index in [9.17, 15) is 9.59 Å². The van der Waals surface area contributed by atoms with Crippen molar-refractivity contribution >= 4 is 12.0 Å². The topological polar surface area (TPSA) is 85.9 Å². The normalized spacial score (nSPS) is 12.6. The Labute approximate surface area is 149 Å². The summed E-state index contributed by atoms with van der Waals surface area (Å²) in [5, 5.41) is 5.34. The molecular formula is C18H28N2O5. The zero-order valence-corrected chi connectivity index (χ0v) is 15.5. The lowest BCUT2D eigenvalue weighted by Gasteiger charge is -2.24. The van der Waals surface area contributed by atoms with E-state index < -0.39 is 24.0 Å². The molecule has 0 spiro atoms. The molecular weight excluding hydrogens is 324 g/mol. The maximum atomic E-state index is 12.5. The highest BCUT2D eigenvalue weighted by atomic mass is 16.7. The molecule has 1 rings (SSSR count). The molecule has 0 heterocycles. The Balaban J connectivity index is 2.76. The van der Waals surface area contributed by atoms with Gasteiger partial charge in [0, 0.05) is 20.6 Å². The minimum atomic E-state index is -0.772. The predicted molar refractivity (Wildman–Crippen MR) is 94.1 cm³/mol. The summed E-state index contributed by atoms with van der Waals surface area (Å²) in [5.74, 6) is -0.339. The van der Waals surface area contributed by atoms with Gasteiger partial charge in [-0.2, -0.15) is 0 Å². The van der Waals surface area contributed by atoms with Gasteiger partial charge in [-0.05, 0) is 26.3 Å². The molecule has 1 unspecified atom stereocenters. The Morgan fingerprint density at radius 2 is 1.68 bits per heavy atom. The van der Waals surface area contributed by atoms with Gasteiger partial charge in [0.1, 0.15) is 11.6 Å². The number of benzene rings is 1. The van der Waals surface area contributed by atoms with Gasteiger partial charge < -0.3 is 24.8 Å². The van der Waals surface area contributed by atoms with Crippen LogP contribution in [0.3, 0.4) is 0 Å². The second kappa shape index (κ2) is 10.0. The molecule has 1 atom stereocenters. The third-order valence-corrected chi connectivity index (χ3v) is 3.26. The Morgan fingerprint density at radius 1 is 1.08 bits per heavy atom. The third kappa shape index (κ3) is 8.51. The zero-order chi connectivity index (χ0) is 18.9. The molecule has 0 fully saturated rings. The molecule has 0 saturated heterocycles. The molecule has 25 heavy (non-hydrogen) atoms. The Kier molecular flexibility index (Phi) is 8.37. The zero-order valence-electron chi connectivity index (χ0n) is 15.5. The van der Waals surface area contributed by atoms with Crippen molar-refractivity contribution in [1.82, 2.24) is 10.6 Å². The van der Waals surface area contributed by atoms with E-state index in [1.807, 2.05) is 30.3 Å². The van der Waals surface area contributed by atoms with E-state index in [1.54, 1.807) is 20.8 Å². The first-order valence-electron chi connectivity index (χ1n) is 8.12. The van der Waals surface area contributed by atoms with Crippen LogP contribution in [0.1, 0.15) is 26.3 Å². The standard InChI is InChI=1S/C18H28N2O5/c1-18(2,3)25-17(22)20-14(11-13-9-7-6-8-10-13)16(21)19-12-15(23-4)24-5/h6-10,14-15H,11-12H2,1-5H3,(H,19,21)(H,20,22). The van der Waals surface area contributed by atoms with Crippen LogP contribution in [0.4, 0.5) is 4.79 Å². The summed E-state index contributed by atoms with van der Waals surface area (Å²) in [5.41, 5.74) is 0.281. The Morgan fingerprint density at radius 3 is 2.20 bits per heavy atom. The first-order chi connectivity index (χ1) is 11.7. The van der Waals surface area contributed by atoms with Gasteiger partial charge in [0.2, 0.25) is 5.91 Å². The molecule has 0 aliphatic heterocycles. The van der Waals surface area contributed by atoms with Gasteiger partial charge in [0.15, 0.2) is 6.29 Å². The van der Waals surface area contributed by atoms with Crippen LogP contribution in [-0.4, -0.2) is 50.7 Å². The van der Waals surface area contributed by atoms with Crippen molar-refractivity contribution < 1.29 is 23.8 Å². The second-order valence-electron chi connectivity index (χ2n) is 6.53. The quantitative estimate of drug-likeness (QED) is 0.698. The molecule has 0 bridgehead atoms. The van der Waals surface area contributed by atoms with Gasteiger partial charge in [0.25, 0.3) is 0 Å². The molecule has 0 aromatic heterocycles. The number of ether oxygens (including phenoxy) is 3. The van der Waals surface area contributed by atoms with Gasteiger partial charge in [0.05, 0.1) is 6.54 Å². The molecule has 0 radical (unpaired) electrons. The SMILES string of the molecule is COC(CNC(=O)C(Cc1ccccc1)NC(=O)OC(C)(C)C)OC. The summed E-state index contributed by atoms with van der Waals surface area (Å²) in [6.07, 6.45) is -0.849. The van der Waals surface area contributed by atoms with Crippen LogP contribution < -0.4 is 10.6 Å². The fourth-order valence-electron chi connectivity index (χ4n) is 2.08. The van der Waals surface area contributed by atoms with Crippen molar-refractivity contribution in [3.05, 3.63) is 35.9 Å². The van der Waals surface area contributed by atoms with Crippen LogP contribution in [-0.2, 0) is 25.4 Å². The molecule has 0 saturated carbocycles. The molecule has 2 N–H and O–H groups in total. The van der Waals surface area contributed by atoms with Crippen molar-refractivity contribution in [3.63, 3.8) is 0 Å². The van der Waals surface area contributed by atoms with E-state index in [-0.39, 0.29) is 12.5 Å². The molecule has 1 aromatic carbocycles. The maximum Gasteiger partial charge on any atom is 0.408 e. The van der Waals surface area contributed by atoms with Gasteiger partial charge in [-0.25, -0.2) is 4.79 Å². The molecule has 0 aliphatic rings. The molecule has 140 valence electrons. The molecule has 7 heteroatoms. The minimum Gasteiger partial charge on any atom is -0.444 e. The lowest BCUT2D eigenvalue weighted by atomic mass is 10.1. The van der Waals surface area contributed by atoms with Crippen LogP contribution in [0.2, 0.25) is 0 Å². The Hall–Kier alpha value is -2.12. The van der Waals surface area contributed by atoms with Gasteiger partial charge >= 0.3 is 6.09 Å². The van der Waals surface area contributed by atoms with E-state index in [0.29, 0.717) is 6.42 Å². The third-order valence-electron chi connectivity index (χ3n) is 3.26. The highest BCUT2D eigenvalue weighted by molar-refractivity contribution is 5.86. The predicted octanol–water partition coefficient (Wildman–Crippen LogP) is 1.86. The van der Waals surface area contributed by atoms with E-state index in [1.165, 1.54) is 14.2 Å². The molecule has 0 aliphatic carbocycles. The number of carbonyl (C=O) groups is 2. The van der Waals surface area contributed by atoms with Crippen LogP contribution in [0.5, 0.6) is 0 Å². The lowest BCUT2D eigenvalue weighted by Crippen LogP contribution is -2.50. The molecule has 7 nitrogen and oxygen atoms in total. The van der Waals surface area contributed by atoms with Gasteiger partial charge in [-0.3, -0.25) is 4.79 Å². The largest absolute Gasteiger partial charge is 0.444 e. The summed E-state index contributed by atoms with van der Waals surface area (Å²) >= 11 is 0. The lowest BCUT2D eigenvalue weighted by molar-refractivity contribution is -0.129. The highest BCUT2D eigenvalue weighted by Gasteiger charge is 2.25. The highest BCUT2D eigenvalue weighted by Crippen LogP contribution is 2.08. The maximum absolute atomic E-state index is 12.5. The van der Waals surface area contributed by atoms with Crippen molar-refractivity contribution in [2.75, 3.05) is 20.8 Å². The number of alkyl carbamates (subject to hydrolysis) is 1. The summed E-state index contributed by atoms with van der Waals surface area (Å²) in [6.45, 7) is 5.47. The van der Waals surface area contributed by atoms with Crippen LogP contribution in [0.15, 0.2) is 30.3 Å². The summed E-state index contributed by atoms with van der Waals surface area (Å²) in [4.78, 5) is 24.5. The van der Waals surface area contributed by atoms with Gasteiger partial charge in [-0.15, -0.1) is 0 Å². The van der Waals surface area contributed by atoms with Crippen molar-refractivity contribution in [1.29, 1.82) is 0 Å². The summed E-state index contributed by atoms with van der Waals surface area (Å²) in [6, 6.07) is 8.66. The second-order valence-corrected chi connectivity index (χ2v) is 6.53. The van der Waals surface area contributed by atoms with E-state index in [4.69, 9.17) is 14.2 Å². The molecule has 2 amide bonds. The summed E-state index contributed by atoms with van der Waals surface area (Å²) in [7, 11) is 2.97. The fraction of sp³-hybridized carbons (Fsp3) is 0.556. The minimum absolute atomic E-state index is 0.174. The van der Waals surface area contributed by atoms with Crippen molar-refractivity contribution in [2.45, 2.75) is 45.1 Å². The van der Waals surface area contributed by atoms with Crippen LogP contribution in [0, 0.1) is 0 Å². The average molecular weight is 352 g/mol. The smallest absolute Gasteiger partial charge is 0.408 e. The monoisotopic (exact) mass is 352 g/mol. The van der Waals surface area contributed by atoms with E-state index in [2.05, 4.69) is 10.6 Å². The number of methoxy groups -OCH3 is 2. The number of carbonyl (C=O) groups excluding carboxylic acids is 2. The summed E-state index contributed by atoms with van der Waals surface area (Å²) < 4.78 is 15.3. The number of amides is 2. The first kappa shape index (κ1) is 20.9. The van der Waals surface area contributed by atoms with Crippen molar-refractivity contribution in [3.8, 4) is 0 Å². The molecule has 1 aromatic rings. The fourth-order valence-corrected chi connectivity index (χ4v) is 2.08. The Bertz CT molecular complexity index is 538.